The molecule has 3 rings (SSSR count). The SMILES string of the molecule is C[C@@H]1C(O)[C@@H](OC2C(O)C(O[C@H]3O[C@H](CNCC(O)(CO)CO)CCC3N)[C@@H](N)C[C@H]2NC(=O)[C@@H](O)[C@@H](O)[C@@H](O)CN)OCC1(C)O. The van der Waals surface area contributed by atoms with Crippen LogP contribution in [0.4, 0.5) is 0 Å². The number of nitrogens with two attached hydrogens (primary N) is 3. The van der Waals surface area contributed by atoms with Crippen LogP contribution < -0.4 is 27.8 Å². The van der Waals surface area contributed by atoms with E-state index in [9.17, 15) is 50.8 Å². The standard InChI is InChI=1S/C28H55N5O14/c1-12-18(37)26(44-11-27(12,2)42)47-23-16(33-24(41)20(39)19(38)17(36)6-29)5-15(31)22(21(23)40)46-25-14(30)4-3-13(45-25)7-32-8-28(43,9-34)10-35/h12-23,25-26,32,34-40,42-43H,3-11,29-31H2,1-2H3,(H,33,41)/t12-,13+,14?,15+,16-,17+,18?,19+,20+,21?,22?,23?,25-,26-,27?/m1/s1. The second-order valence-electron chi connectivity index (χ2n) is 13.3. The number of aliphatic hydroxyl groups excluding tert-OH is 7. The summed E-state index contributed by atoms with van der Waals surface area (Å²) in [6, 6.07) is -2.74. The van der Waals surface area contributed by atoms with Gasteiger partial charge in [-0.15, -0.1) is 0 Å². The molecule has 19 heteroatoms. The van der Waals surface area contributed by atoms with Crippen molar-refractivity contribution < 1.29 is 69.7 Å². The fourth-order valence-corrected chi connectivity index (χ4v) is 5.81. The van der Waals surface area contributed by atoms with Gasteiger partial charge in [-0.25, -0.2) is 0 Å². The second kappa shape index (κ2) is 17.1. The summed E-state index contributed by atoms with van der Waals surface area (Å²) in [5, 5.41) is 97.3. The van der Waals surface area contributed by atoms with Crippen LogP contribution in [-0.4, -0.2) is 182 Å². The number of amides is 1. The van der Waals surface area contributed by atoms with E-state index in [0.29, 0.717) is 12.8 Å². The van der Waals surface area contributed by atoms with E-state index in [2.05, 4.69) is 10.6 Å². The van der Waals surface area contributed by atoms with E-state index in [0.717, 1.165) is 0 Å². The Labute approximate surface area is 272 Å². The van der Waals surface area contributed by atoms with Crippen molar-refractivity contribution in [2.75, 3.05) is 39.5 Å². The monoisotopic (exact) mass is 685 g/mol. The molecular formula is C28H55N5O14. The van der Waals surface area contributed by atoms with Crippen LogP contribution in [0.25, 0.3) is 0 Å². The van der Waals surface area contributed by atoms with Gasteiger partial charge in [0.1, 0.15) is 36.1 Å². The topological polar surface area (TPSA) is 338 Å². The van der Waals surface area contributed by atoms with Crippen molar-refractivity contribution in [2.24, 2.45) is 23.1 Å². The highest BCUT2D eigenvalue weighted by molar-refractivity contribution is 5.81. The predicted octanol–water partition coefficient (Wildman–Crippen LogP) is -7.38. The molecular weight excluding hydrogens is 630 g/mol. The third-order valence-corrected chi connectivity index (χ3v) is 9.38. The van der Waals surface area contributed by atoms with Crippen molar-refractivity contribution in [3.8, 4) is 0 Å². The van der Waals surface area contributed by atoms with E-state index in [1.54, 1.807) is 6.92 Å². The Bertz CT molecular complexity index is 982. The molecule has 3 fully saturated rings. The van der Waals surface area contributed by atoms with Gasteiger partial charge in [0.15, 0.2) is 18.7 Å². The Morgan fingerprint density at radius 3 is 2.30 bits per heavy atom. The molecule has 2 heterocycles. The van der Waals surface area contributed by atoms with Gasteiger partial charge in [0.25, 0.3) is 5.91 Å². The molecule has 0 spiro atoms. The van der Waals surface area contributed by atoms with Crippen LogP contribution in [0.15, 0.2) is 0 Å². The summed E-state index contributed by atoms with van der Waals surface area (Å²) in [6.07, 6.45) is -13.2. The molecule has 276 valence electrons. The maximum atomic E-state index is 12.9. The van der Waals surface area contributed by atoms with Gasteiger partial charge in [-0.3, -0.25) is 4.79 Å². The van der Waals surface area contributed by atoms with Crippen molar-refractivity contribution in [2.45, 2.75) is 124 Å². The molecule has 0 aromatic heterocycles. The maximum Gasteiger partial charge on any atom is 0.251 e. The summed E-state index contributed by atoms with van der Waals surface area (Å²) in [5.41, 5.74) is 14.9. The summed E-state index contributed by atoms with van der Waals surface area (Å²) in [6.45, 7) is 1.20. The van der Waals surface area contributed by atoms with Crippen molar-refractivity contribution in [1.82, 2.24) is 10.6 Å². The zero-order valence-electron chi connectivity index (χ0n) is 26.7. The van der Waals surface area contributed by atoms with Gasteiger partial charge < -0.3 is 92.7 Å². The lowest BCUT2D eigenvalue weighted by Crippen LogP contribution is -2.68. The van der Waals surface area contributed by atoms with Crippen molar-refractivity contribution in [3.63, 3.8) is 0 Å². The zero-order valence-corrected chi connectivity index (χ0v) is 26.7. The van der Waals surface area contributed by atoms with E-state index in [1.807, 2.05) is 0 Å². The smallest absolute Gasteiger partial charge is 0.251 e. The van der Waals surface area contributed by atoms with E-state index < -0.39 is 122 Å². The summed E-state index contributed by atoms with van der Waals surface area (Å²) in [5.74, 6) is -1.84. The number of nitrogens with one attached hydrogen (secondary N) is 2. The molecule has 0 aromatic carbocycles. The quantitative estimate of drug-likeness (QED) is 0.0761. The minimum absolute atomic E-state index is 0.107. The summed E-state index contributed by atoms with van der Waals surface area (Å²) >= 11 is 0. The minimum Gasteiger partial charge on any atom is -0.393 e. The Kier molecular flexibility index (Phi) is 14.7. The van der Waals surface area contributed by atoms with Crippen LogP contribution in [0, 0.1) is 5.92 Å². The molecule has 2 aliphatic heterocycles. The first-order chi connectivity index (χ1) is 22.0. The molecule has 15 atom stereocenters. The molecule has 2 saturated heterocycles. The number of aliphatic hydroxyl groups is 9. The van der Waals surface area contributed by atoms with Crippen molar-refractivity contribution in [1.29, 1.82) is 0 Å². The average Bonchev–Trinajstić information content (AvgIpc) is 3.04. The molecule has 6 unspecified atom stereocenters. The molecule has 3 aliphatic rings. The molecule has 0 bridgehead atoms. The Balaban J connectivity index is 1.76. The van der Waals surface area contributed by atoms with Crippen LogP contribution in [0.1, 0.15) is 33.1 Å². The highest BCUT2D eigenvalue weighted by Gasteiger charge is 2.51. The highest BCUT2D eigenvalue weighted by atomic mass is 16.7. The van der Waals surface area contributed by atoms with E-state index in [1.165, 1.54) is 6.92 Å². The average molecular weight is 686 g/mol. The van der Waals surface area contributed by atoms with Gasteiger partial charge in [-0.1, -0.05) is 6.92 Å². The summed E-state index contributed by atoms with van der Waals surface area (Å²) < 4.78 is 23.7. The first-order valence-electron chi connectivity index (χ1n) is 15.9. The lowest BCUT2D eigenvalue weighted by molar-refractivity contribution is -0.314. The van der Waals surface area contributed by atoms with Gasteiger partial charge in [-0.2, -0.15) is 0 Å². The number of ether oxygens (including phenoxy) is 4. The molecule has 1 aliphatic carbocycles. The van der Waals surface area contributed by atoms with Gasteiger partial charge in [-0.05, 0) is 26.2 Å². The van der Waals surface area contributed by atoms with Crippen LogP contribution in [0.2, 0.25) is 0 Å². The third-order valence-electron chi connectivity index (χ3n) is 9.38. The first kappa shape index (κ1) is 40.2. The molecule has 47 heavy (non-hydrogen) atoms. The van der Waals surface area contributed by atoms with Crippen LogP contribution in [0.3, 0.4) is 0 Å². The van der Waals surface area contributed by atoms with Crippen LogP contribution in [-0.2, 0) is 23.7 Å². The molecule has 0 radical (unpaired) electrons. The Morgan fingerprint density at radius 1 is 1.04 bits per heavy atom. The summed E-state index contributed by atoms with van der Waals surface area (Å²) in [7, 11) is 0. The molecule has 1 amide bonds. The summed E-state index contributed by atoms with van der Waals surface area (Å²) in [4.78, 5) is 12.9. The molecule has 0 aromatic rings. The molecule has 19 nitrogen and oxygen atoms in total. The van der Waals surface area contributed by atoms with Gasteiger partial charge in [0, 0.05) is 31.6 Å². The lowest BCUT2D eigenvalue weighted by atomic mass is 9.82. The highest BCUT2D eigenvalue weighted by Crippen LogP contribution is 2.34. The van der Waals surface area contributed by atoms with Crippen LogP contribution >= 0.6 is 0 Å². The lowest BCUT2D eigenvalue weighted by Gasteiger charge is -2.48. The fraction of sp³-hybridized carbons (Fsp3) is 0.964. The fourth-order valence-electron chi connectivity index (χ4n) is 5.81. The maximum absolute atomic E-state index is 12.9. The van der Waals surface area contributed by atoms with Crippen LogP contribution in [0.5, 0.6) is 0 Å². The molecule has 1 saturated carbocycles. The number of carbonyl (C=O) groups excluding carboxylic acids is 1. The minimum atomic E-state index is -2.10. The Morgan fingerprint density at radius 2 is 1.68 bits per heavy atom. The van der Waals surface area contributed by atoms with Gasteiger partial charge in [0.2, 0.25) is 0 Å². The second-order valence-corrected chi connectivity index (χ2v) is 13.3. The Hall–Kier alpha value is -1.21. The first-order valence-corrected chi connectivity index (χ1v) is 15.9. The number of carbonyl (C=O) groups is 1. The predicted molar refractivity (Wildman–Crippen MR) is 161 cm³/mol. The largest absolute Gasteiger partial charge is 0.393 e. The number of hydrogen-bond donors (Lipinski definition) is 14. The zero-order chi connectivity index (χ0) is 35.3. The third kappa shape index (κ3) is 9.95. The van der Waals surface area contributed by atoms with Gasteiger partial charge >= 0.3 is 0 Å². The van der Waals surface area contributed by atoms with Crippen molar-refractivity contribution >= 4 is 5.91 Å². The van der Waals surface area contributed by atoms with E-state index in [4.69, 9.17) is 36.1 Å². The van der Waals surface area contributed by atoms with Gasteiger partial charge in [0.05, 0.1) is 49.7 Å². The number of rotatable bonds is 15. The van der Waals surface area contributed by atoms with Crippen molar-refractivity contribution in [3.05, 3.63) is 0 Å². The van der Waals surface area contributed by atoms with E-state index >= 15 is 0 Å². The van der Waals surface area contributed by atoms with E-state index in [-0.39, 0.29) is 26.1 Å². The normalized spacial score (nSPS) is 40.4. The number of hydrogen-bond acceptors (Lipinski definition) is 18. The molecule has 17 N–H and O–H groups in total.